The number of nitrogens with zero attached hydrogens (tertiary/aromatic N) is 1. The standard InChI is InChI=1S/C20H22ClN3O4S/c1-14(25)24-10-8-15(9-11-24)20(26)22-17-5-3-7-19(13-17)29(27,28)23-18-6-2-4-16(21)12-18/h2-7,12-13,15,23H,8-11H2,1H3,(H,22,26). The zero-order valence-electron chi connectivity index (χ0n) is 15.9. The summed E-state index contributed by atoms with van der Waals surface area (Å²) in [5.74, 6) is -0.380. The molecule has 3 rings (SSSR count). The van der Waals surface area contributed by atoms with Crippen LogP contribution < -0.4 is 10.0 Å². The third kappa shape index (κ3) is 5.48. The van der Waals surface area contributed by atoms with Crippen molar-refractivity contribution in [3.05, 3.63) is 53.6 Å². The van der Waals surface area contributed by atoms with Gasteiger partial charge in [0, 0.05) is 36.6 Å². The van der Waals surface area contributed by atoms with Gasteiger partial charge in [-0.1, -0.05) is 23.7 Å². The molecule has 2 aromatic carbocycles. The van der Waals surface area contributed by atoms with Crippen LogP contribution in [0.3, 0.4) is 0 Å². The van der Waals surface area contributed by atoms with Gasteiger partial charge in [0.05, 0.1) is 10.6 Å². The largest absolute Gasteiger partial charge is 0.343 e. The second-order valence-electron chi connectivity index (χ2n) is 6.91. The third-order valence-electron chi connectivity index (χ3n) is 4.80. The van der Waals surface area contributed by atoms with E-state index in [9.17, 15) is 18.0 Å². The summed E-state index contributed by atoms with van der Waals surface area (Å²) in [6, 6.07) is 12.5. The Morgan fingerprint density at radius 1 is 1.03 bits per heavy atom. The minimum Gasteiger partial charge on any atom is -0.343 e. The van der Waals surface area contributed by atoms with E-state index in [1.54, 1.807) is 35.2 Å². The molecule has 0 unspecified atom stereocenters. The Hall–Kier alpha value is -2.58. The van der Waals surface area contributed by atoms with Gasteiger partial charge < -0.3 is 10.2 Å². The molecule has 1 aliphatic heterocycles. The number of likely N-dealkylation sites (tertiary alicyclic amines) is 1. The molecule has 0 spiro atoms. The zero-order valence-corrected chi connectivity index (χ0v) is 17.5. The van der Waals surface area contributed by atoms with E-state index in [1.165, 1.54) is 25.1 Å². The fourth-order valence-electron chi connectivity index (χ4n) is 3.21. The molecule has 1 aliphatic rings. The molecule has 0 radical (unpaired) electrons. The first-order valence-corrected chi connectivity index (χ1v) is 11.1. The van der Waals surface area contributed by atoms with Crippen LogP contribution in [0.5, 0.6) is 0 Å². The summed E-state index contributed by atoms with van der Waals surface area (Å²) in [5.41, 5.74) is 0.752. The van der Waals surface area contributed by atoms with E-state index in [2.05, 4.69) is 10.0 Å². The molecule has 9 heteroatoms. The molecule has 0 saturated carbocycles. The van der Waals surface area contributed by atoms with E-state index in [4.69, 9.17) is 11.6 Å². The summed E-state index contributed by atoms with van der Waals surface area (Å²) in [4.78, 5) is 25.7. The van der Waals surface area contributed by atoms with Crippen molar-refractivity contribution in [1.82, 2.24) is 4.90 Å². The van der Waals surface area contributed by atoms with Crippen molar-refractivity contribution in [2.45, 2.75) is 24.7 Å². The smallest absolute Gasteiger partial charge is 0.261 e. The molecule has 0 atom stereocenters. The van der Waals surface area contributed by atoms with Crippen LogP contribution in [-0.4, -0.2) is 38.2 Å². The minimum atomic E-state index is -3.83. The lowest BCUT2D eigenvalue weighted by Gasteiger charge is -2.30. The van der Waals surface area contributed by atoms with Gasteiger partial charge in [0.1, 0.15) is 0 Å². The highest BCUT2D eigenvalue weighted by molar-refractivity contribution is 7.92. The highest BCUT2D eigenvalue weighted by atomic mass is 35.5. The monoisotopic (exact) mass is 435 g/mol. The van der Waals surface area contributed by atoms with Gasteiger partial charge in [0.15, 0.2) is 0 Å². The highest BCUT2D eigenvalue weighted by Crippen LogP contribution is 2.23. The normalized spacial score (nSPS) is 15.0. The predicted molar refractivity (Wildman–Crippen MR) is 112 cm³/mol. The Bertz CT molecular complexity index is 1020. The second-order valence-corrected chi connectivity index (χ2v) is 9.03. The lowest BCUT2D eigenvalue weighted by molar-refractivity contribution is -0.132. The number of benzene rings is 2. The third-order valence-corrected chi connectivity index (χ3v) is 6.41. The fourth-order valence-corrected chi connectivity index (χ4v) is 4.49. The topological polar surface area (TPSA) is 95.6 Å². The lowest BCUT2D eigenvalue weighted by atomic mass is 9.96. The molecule has 7 nitrogen and oxygen atoms in total. The highest BCUT2D eigenvalue weighted by Gasteiger charge is 2.26. The van der Waals surface area contributed by atoms with E-state index in [0.717, 1.165) is 0 Å². The van der Waals surface area contributed by atoms with Crippen molar-refractivity contribution < 1.29 is 18.0 Å². The number of hydrogen-bond acceptors (Lipinski definition) is 4. The number of rotatable bonds is 5. The van der Waals surface area contributed by atoms with E-state index in [1.807, 2.05) is 0 Å². The van der Waals surface area contributed by atoms with Gasteiger partial charge in [-0.2, -0.15) is 0 Å². The minimum absolute atomic E-state index is 0.00831. The van der Waals surface area contributed by atoms with Gasteiger partial charge in [0.2, 0.25) is 11.8 Å². The average molecular weight is 436 g/mol. The maximum atomic E-state index is 12.6. The first-order chi connectivity index (χ1) is 13.7. The SMILES string of the molecule is CC(=O)N1CCC(C(=O)Nc2cccc(S(=O)(=O)Nc3cccc(Cl)c3)c2)CC1. The van der Waals surface area contributed by atoms with Crippen LogP contribution in [0.2, 0.25) is 5.02 Å². The van der Waals surface area contributed by atoms with Gasteiger partial charge in [-0.15, -0.1) is 0 Å². The van der Waals surface area contributed by atoms with Crippen LogP contribution >= 0.6 is 11.6 Å². The Balaban J connectivity index is 1.67. The number of amides is 2. The Morgan fingerprint density at radius 2 is 1.69 bits per heavy atom. The maximum absolute atomic E-state index is 12.6. The van der Waals surface area contributed by atoms with Crippen LogP contribution in [0.25, 0.3) is 0 Å². The molecule has 1 fully saturated rings. The summed E-state index contributed by atoms with van der Waals surface area (Å²) in [6.07, 6.45) is 1.17. The number of halogens is 1. The van der Waals surface area contributed by atoms with Crippen LogP contribution in [0.4, 0.5) is 11.4 Å². The quantitative estimate of drug-likeness (QED) is 0.752. The first kappa shape index (κ1) is 21.1. The van der Waals surface area contributed by atoms with Gasteiger partial charge in [-0.05, 0) is 49.2 Å². The molecule has 2 amide bonds. The molecule has 154 valence electrons. The lowest BCUT2D eigenvalue weighted by Crippen LogP contribution is -2.40. The summed E-state index contributed by atoms with van der Waals surface area (Å²) in [7, 11) is -3.83. The number of anilines is 2. The van der Waals surface area contributed by atoms with Crippen molar-refractivity contribution >= 4 is 44.8 Å². The number of sulfonamides is 1. The fraction of sp³-hybridized carbons (Fsp3) is 0.300. The summed E-state index contributed by atoms with van der Waals surface area (Å²) < 4.78 is 27.8. The van der Waals surface area contributed by atoms with Gasteiger partial charge in [0.25, 0.3) is 10.0 Å². The predicted octanol–water partition coefficient (Wildman–Crippen LogP) is 3.34. The molecule has 2 N–H and O–H groups in total. The van der Waals surface area contributed by atoms with Crippen LogP contribution in [-0.2, 0) is 19.6 Å². The van der Waals surface area contributed by atoms with E-state index in [0.29, 0.717) is 42.3 Å². The Labute approximate surface area is 175 Å². The van der Waals surface area contributed by atoms with Crippen LogP contribution in [0.1, 0.15) is 19.8 Å². The van der Waals surface area contributed by atoms with E-state index >= 15 is 0 Å². The molecule has 0 aromatic heterocycles. The zero-order chi connectivity index (χ0) is 21.0. The van der Waals surface area contributed by atoms with Crippen LogP contribution in [0.15, 0.2) is 53.4 Å². The Kier molecular flexibility index (Phi) is 6.44. The van der Waals surface area contributed by atoms with Crippen molar-refractivity contribution in [1.29, 1.82) is 0 Å². The van der Waals surface area contributed by atoms with Crippen molar-refractivity contribution in [3.63, 3.8) is 0 Å². The average Bonchev–Trinajstić information content (AvgIpc) is 2.68. The molecule has 1 saturated heterocycles. The van der Waals surface area contributed by atoms with E-state index < -0.39 is 10.0 Å². The molecular formula is C20H22ClN3O4S. The van der Waals surface area contributed by atoms with Crippen molar-refractivity contribution in [2.75, 3.05) is 23.1 Å². The summed E-state index contributed by atoms with van der Waals surface area (Å²) in [6.45, 7) is 2.61. The molecule has 0 aliphatic carbocycles. The summed E-state index contributed by atoms with van der Waals surface area (Å²) >= 11 is 5.90. The van der Waals surface area contributed by atoms with Crippen molar-refractivity contribution in [3.8, 4) is 0 Å². The van der Waals surface area contributed by atoms with Gasteiger partial charge in [-0.3, -0.25) is 14.3 Å². The number of carbonyl (C=O) groups excluding carboxylic acids is 2. The Morgan fingerprint density at radius 3 is 2.34 bits per heavy atom. The summed E-state index contributed by atoms with van der Waals surface area (Å²) in [5, 5.41) is 3.20. The number of hydrogen-bond donors (Lipinski definition) is 2. The second kappa shape index (κ2) is 8.84. The molecule has 2 aromatic rings. The van der Waals surface area contributed by atoms with Gasteiger partial charge in [-0.25, -0.2) is 8.42 Å². The van der Waals surface area contributed by atoms with Gasteiger partial charge >= 0.3 is 0 Å². The molecule has 1 heterocycles. The number of piperidine rings is 1. The number of nitrogens with one attached hydrogen (secondary N) is 2. The van der Waals surface area contributed by atoms with Crippen molar-refractivity contribution in [2.24, 2.45) is 5.92 Å². The van der Waals surface area contributed by atoms with Crippen LogP contribution in [0, 0.1) is 5.92 Å². The maximum Gasteiger partial charge on any atom is 0.261 e. The molecule has 29 heavy (non-hydrogen) atoms. The molecular weight excluding hydrogens is 414 g/mol. The number of carbonyl (C=O) groups is 2. The first-order valence-electron chi connectivity index (χ1n) is 9.19. The molecule has 0 bridgehead atoms. The van der Waals surface area contributed by atoms with E-state index in [-0.39, 0.29) is 22.6 Å².